The van der Waals surface area contributed by atoms with E-state index in [2.05, 4.69) is 6.92 Å². The van der Waals surface area contributed by atoms with Crippen LogP contribution in [0.2, 0.25) is 0 Å². The second-order valence-corrected chi connectivity index (χ2v) is 5.81. The average Bonchev–Trinajstić information content (AvgIpc) is 2.42. The lowest BCUT2D eigenvalue weighted by Gasteiger charge is -2.41. The minimum Gasteiger partial charge on any atom is -0.494 e. The van der Waals surface area contributed by atoms with Gasteiger partial charge in [-0.3, -0.25) is 0 Å². The van der Waals surface area contributed by atoms with Gasteiger partial charge in [-0.25, -0.2) is 4.39 Å². The maximum atomic E-state index is 12.7. The minimum absolute atomic E-state index is 0.220. The van der Waals surface area contributed by atoms with Gasteiger partial charge in [0.15, 0.2) is 0 Å². The first-order valence-electron chi connectivity index (χ1n) is 7.70. The molecule has 3 heteroatoms. The summed E-state index contributed by atoms with van der Waals surface area (Å²) in [4.78, 5) is 0. The summed E-state index contributed by atoms with van der Waals surface area (Å²) in [5.74, 6) is 0.533. The lowest BCUT2D eigenvalue weighted by atomic mass is 9.78. The van der Waals surface area contributed by atoms with Crippen molar-refractivity contribution in [2.24, 2.45) is 5.41 Å². The highest BCUT2D eigenvalue weighted by Crippen LogP contribution is 2.36. The van der Waals surface area contributed by atoms with E-state index in [0.717, 1.165) is 25.4 Å². The number of hydrogen-bond donors (Lipinski definition) is 0. The highest BCUT2D eigenvalue weighted by atomic mass is 19.1. The smallest absolute Gasteiger partial charge is 0.123 e. The van der Waals surface area contributed by atoms with Crippen LogP contribution in [0.25, 0.3) is 0 Å². The zero-order valence-electron chi connectivity index (χ0n) is 12.4. The first-order chi connectivity index (χ1) is 9.74. The van der Waals surface area contributed by atoms with Crippen LogP contribution in [0.1, 0.15) is 45.4 Å². The van der Waals surface area contributed by atoms with Gasteiger partial charge in [-0.05, 0) is 43.5 Å². The molecule has 0 bridgehead atoms. The van der Waals surface area contributed by atoms with E-state index in [9.17, 15) is 4.39 Å². The van der Waals surface area contributed by atoms with Gasteiger partial charge in [-0.2, -0.15) is 0 Å². The van der Waals surface area contributed by atoms with Crippen LogP contribution in [0.3, 0.4) is 0 Å². The van der Waals surface area contributed by atoms with E-state index in [1.54, 1.807) is 12.1 Å². The van der Waals surface area contributed by atoms with E-state index in [4.69, 9.17) is 9.47 Å². The average molecular weight is 280 g/mol. The summed E-state index contributed by atoms with van der Waals surface area (Å²) in [6, 6.07) is 6.22. The molecule has 1 fully saturated rings. The maximum absolute atomic E-state index is 12.7. The van der Waals surface area contributed by atoms with E-state index in [-0.39, 0.29) is 5.82 Å². The zero-order chi connectivity index (χ0) is 14.3. The third-order valence-corrected chi connectivity index (χ3v) is 4.25. The van der Waals surface area contributed by atoms with Crippen LogP contribution >= 0.6 is 0 Å². The van der Waals surface area contributed by atoms with E-state index in [0.29, 0.717) is 12.0 Å². The van der Waals surface area contributed by atoms with Gasteiger partial charge in [0.25, 0.3) is 0 Å². The molecule has 0 amide bonds. The zero-order valence-corrected chi connectivity index (χ0v) is 12.4. The Morgan fingerprint density at radius 1 is 1.10 bits per heavy atom. The van der Waals surface area contributed by atoms with Crippen molar-refractivity contribution in [2.75, 3.05) is 19.8 Å². The molecule has 0 unspecified atom stereocenters. The molecule has 2 nitrogen and oxygen atoms in total. The normalized spacial score (nSPS) is 16.7. The fourth-order valence-electron chi connectivity index (χ4n) is 2.59. The molecule has 0 spiro atoms. The maximum Gasteiger partial charge on any atom is 0.123 e. The third-order valence-electron chi connectivity index (χ3n) is 4.25. The molecule has 1 aromatic carbocycles. The Morgan fingerprint density at radius 3 is 2.40 bits per heavy atom. The fraction of sp³-hybridized carbons (Fsp3) is 0.647. The van der Waals surface area contributed by atoms with Crippen molar-refractivity contribution >= 4 is 0 Å². The SMILES string of the molecule is CCC1(CCCCCCOc2ccc(F)cc2)COC1. The molecule has 1 aliphatic rings. The molecular formula is C17H25FO2. The molecule has 0 N–H and O–H groups in total. The van der Waals surface area contributed by atoms with Crippen molar-refractivity contribution in [1.82, 2.24) is 0 Å². The van der Waals surface area contributed by atoms with Gasteiger partial charge >= 0.3 is 0 Å². The summed E-state index contributed by atoms with van der Waals surface area (Å²) >= 11 is 0. The Bertz CT molecular complexity index is 379. The molecule has 0 radical (unpaired) electrons. The summed E-state index contributed by atoms with van der Waals surface area (Å²) in [7, 11) is 0. The second-order valence-electron chi connectivity index (χ2n) is 5.81. The van der Waals surface area contributed by atoms with E-state index >= 15 is 0 Å². The van der Waals surface area contributed by atoms with E-state index < -0.39 is 0 Å². The number of ether oxygens (including phenoxy) is 2. The molecule has 1 aromatic rings. The Kier molecular flexibility index (Phi) is 5.84. The number of unbranched alkanes of at least 4 members (excludes halogenated alkanes) is 3. The Balaban J connectivity index is 1.48. The monoisotopic (exact) mass is 280 g/mol. The highest BCUT2D eigenvalue weighted by Gasteiger charge is 2.35. The predicted octanol–water partition coefficient (Wildman–Crippen LogP) is 4.58. The summed E-state index contributed by atoms with van der Waals surface area (Å²) in [6.07, 6.45) is 7.33. The summed E-state index contributed by atoms with van der Waals surface area (Å²) in [6.45, 7) is 4.89. The van der Waals surface area contributed by atoms with Crippen molar-refractivity contribution in [3.8, 4) is 5.75 Å². The van der Waals surface area contributed by atoms with Gasteiger partial charge in [0.05, 0.1) is 19.8 Å². The summed E-state index contributed by atoms with van der Waals surface area (Å²) < 4.78 is 23.6. The predicted molar refractivity (Wildman–Crippen MR) is 78.5 cm³/mol. The standard InChI is InChI=1S/C17H25FO2/c1-2-17(13-19-14-17)11-5-3-4-6-12-20-16-9-7-15(18)8-10-16/h7-10H,2-6,11-14H2,1H3. The summed E-state index contributed by atoms with van der Waals surface area (Å²) in [5.41, 5.74) is 0.491. The molecular weight excluding hydrogens is 255 g/mol. The number of hydrogen-bond acceptors (Lipinski definition) is 2. The minimum atomic E-state index is -0.220. The van der Waals surface area contributed by atoms with Crippen LogP contribution in [0.15, 0.2) is 24.3 Å². The molecule has 1 heterocycles. The lowest BCUT2D eigenvalue weighted by Crippen LogP contribution is -2.41. The van der Waals surface area contributed by atoms with Crippen LogP contribution < -0.4 is 4.74 Å². The largest absolute Gasteiger partial charge is 0.494 e. The van der Waals surface area contributed by atoms with Crippen LogP contribution in [-0.4, -0.2) is 19.8 Å². The van der Waals surface area contributed by atoms with Gasteiger partial charge < -0.3 is 9.47 Å². The van der Waals surface area contributed by atoms with Gasteiger partial charge in [-0.1, -0.05) is 26.2 Å². The van der Waals surface area contributed by atoms with Crippen LogP contribution in [0.4, 0.5) is 4.39 Å². The van der Waals surface area contributed by atoms with Crippen molar-refractivity contribution in [3.63, 3.8) is 0 Å². The van der Waals surface area contributed by atoms with Gasteiger partial charge in [0, 0.05) is 5.41 Å². The van der Waals surface area contributed by atoms with Crippen LogP contribution in [-0.2, 0) is 4.74 Å². The molecule has 1 aliphatic heterocycles. The molecule has 0 saturated carbocycles. The first-order valence-corrected chi connectivity index (χ1v) is 7.70. The second kappa shape index (κ2) is 7.63. The molecule has 112 valence electrons. The fourth-order valence-corrected chi connectivity index (χ4v) is 2.59. The van der Waals surface area contributed by atoms with Crippen molar-refractivity contribution in [2.45, 2.75) is 45.4 Å². The molecule has 2 rings (SSSR count). The molecule has 0 atom stereocenters. The van der Waals surface area contributed by atoms with Crippen LogP contribution in [0.5, 0.6) is 5.75 Å². The Hall–Kier alpha value is -1.09. The van der Waals surface area contributed by atoms with Crippen molar-refractivity contribution in [3.05, 3.63) is 30.1 Å². The van der Waals surface area contributed by atoms with Gasteiger partial charge in [0.1, 0.15) is 11.6 Å². The third kappa shape index (κ3) is 4.48. The molecule has 1 saturated heterocycles. The van der Waals surface area contributed by atoms with Gasteiger partial charge in [-0.15, -0.1) is 0 Å². The lowest BCUT2D eigenvalue weighted by molar-refractivity contribution is -0.120. The summed E-state index contributed by atoms with van der Waals surface area (Å²) in [5, 5.41) is 0. The molecule has 0 aromatic heterocycles. The van der Waals surface area contributed by atoms with Gasteiger partial charge in [0.2, 0.25) is 0 Å². The highest BCUT2D eigenvalue weighted by molar-refractivity contribution is 5.21. The van der Waals surface area contributed by atoms with Crippen molar-refractivity contribution in [1.29, 1.82) is 0 Å². The molecule has 0 aliphatic carbocycles. The number of halogens is 1. The number of rotatable bonds is 9. The topological polar surface area (TPSA) is 18.5 Å². The molecule has 20 heavy (non-hydrogen) atoms. The van der Waals surface area contributed by atoms with Crippen LogP contribution in [0, 0.1) is 11.2 Å². The quantitative estimate of drug-likeness (QED) is 0.616. The van der Waals surface area contributed by atoms with E-state index in [1.807, 2.05) is 0 Å². The number of benzene rings is 1. The van der Waals surface area contributed by atoms with E-state index in [1.165, 1.54) is 44.2 Å². The first kappa shape index (κ1) is 15.3. The van der Waals surface area contributed by atoms with Crippen molar-refractivity contribution < 1.29 is 13.9 Å². The Labute approximate surface area is 121 Å². The Morgan fingerprint density at radius 2 is 1.80 bits per heavy atom.